The fraction of sp³-hybridized carbons (Fsp3) is 0.526. The number of amides is 1. The van der Waals surface area contributed by atoms with Crippen LogP contribution in [0.15, 0.2) is 30.9 Å². The molecule has 8 nitrogen and oxygen atoms in total. The van der Waals surface area contributed by atoms with E-state index in [9.17, 15) is 4.79 Å². The van der Waals surface area contributed by atoms with Gasteiger partial charge in [-0.05, 0) is 31.7 Å². The first-order valence-electron chi connectivity index (χ1n) is 9.52. The zero-order chi connectivity index (χ0) is 18.5. The Balaban J connectivity index is 1.43. The van der Waals surface area contributed by atoms with E-state index in [0.717, 1.165) is 44.5 Å². The molecule has 1 amide bonds. The van der Waals surface area contributed by atoms with Crippen molar-refractivity contribution >= 4 is 17.7 Å². The van der Waals surface area contributed by atoms with E-state index in [1.807, 2.05) is 11.0 Å². The van der Waals surface area contributed by atoms with Gasteiger partial charge in [0, 0.05) is 56.7 Å². The summed E-state index contributed by atoms with van der Waals surface area (Å²) in [4.78, 5) is 32.0. The SMILES string of the molecule is O=C(C1CCOCC1)N1CCCC(c2ccnc(Nc3cnccn3)n2)C1. The van der Waals surface area contributed by atoms with E-state index in [2.05, 4.69) is 25.3 Å². The number of hydrogen-bond donors (Lipinski definition) is 1. The van der Waals surface area contributed by atoms with E-state index in [1.165, 1.54) is 0 Å². The highest BCUT2D eigenvalue weighted by Gasteiger charge is 2.31. The summed E-state index contributed by atoms with van der Waals surface area (Å²) in [5.41, 5.74) is 0.959. The van der Waals surface area contributed by atoms with Crippen LogP contribution in [0.2, 0.25) is 0 Å². The summed E-state index contributed by atoms with van der Waals surface area (Å²) in [5, 5.41) is 3.08. The standard InChI is InChI=1S/C19H24N6O2/c26-18(14-4-10-27-11-5-14)25-9-1-2-15(13-25)16-3-6-22-19(23-16)24-17-12-20-7-8-21-17/h3,6-8,12,14-15H,1-2,4-5,9-11,13H2,(H,21,22,23,24). The fourth-order valence-corrected chi connectivity index (χ4v) is 3.76. The number of carbonyl (C=O) groups excluding carboxylic acids is 1. The lowest BCUT2D eigenvalue weighted by atomic mass is 9.92. The molecule has 0 spiro atoms. The maximum absolute atomic E-state index is 12.8. The molecule has 0 aromatic carbocycles. The zero-order valence-corrected chi connectivity index (χ0v) is 15.3. The van der Waals surface area contributed by atoms with Gasteiger partial charge in [-0.25, -0.2) is 15.0 Å². The summed E-state index contributed by atoms with van der Waals surface area (Å²) in [6, 6.07) is 1.94. The summed E-state index contributed by atoms with van der Waals surface area (Å²) in [6.07, 6.45) is 10.3. The molecule has 1 N–H and O–H groups in total. The van der Waals surface area contributed by atoms with Crippen LogP contribution < -0.4 is 5.32 Å². The quantitative estimate of drug-likeness (QED) is 0.884. The summed E-state index contributed by atoms with van der Waals surface area (Å²) in [6.45, 7) is 2.94. The number of nitrogens with one attached hydrogen (secondary N) is 1. The normalized spacial score (nSPS) is 21.0. The zero-order valence-electron chi connectivity index (χ0n) is 15.3. The van der Waals surface area contributed by atoms with E-state index in [0.29, 0.717) is 25.0 Å². The van der Waals surface area contributed by atoms with Crippen LogP contribution in [-0.2, 0) is 9.53 Å². The van der Waals surface area contributed by atoms with Crippen molar-refractivity contribution in [2.45, 2.75) is 31.6 Å². The monoisotopic (exact) mass is 368 g/mol. The minimum Gasteiger partial charge on any atom is -0.381 e. The molecular weight excluding hydrogens is 344 g/mol. The average molecular weight is 368 g/mol. The molecule has 8 heteroatoms. The van der Waals surface area contributed by atoms with Crippen LogP contribution >= 0.6 is 0 Å². The Morgan fingerprint density at radius 3 is 2.85 bits per heavy atom. The highest BCUT2D eigenvalue weighted by Crippen LogP contribution is 2.28. The third-order valence-electron chi connectivity index (χ3n) is 5.20. The molecular formula is C19H24N6O2. The summed E-state index contributed by atoms with van der Waals surface area (Å²) >= 11 is 0. The number of likely N-dealkylation sites (tertiary alicyclic amines) is 1. The number of rotatable bonds is 4. The van der Waals surface area contributed by atoms with E-state index in [1.54, 1.807) is 24.8 Å². The second-order valence-corrected chi connectivity index (χ2v) is 7.03. The van der Waals surface area contributed by atoms with Crippen LogP contribution in [0.5, 0.6) is 0 Å². The number of piperidine rings is 1. The molecule has 1 atom stereocenters. The average Bonchev–Trinajstić information content (AvgIpc) is 2.75. The summed E-state index contributed by atoms with van der Waals surface area (Å²) in [5.74, 6) is 1.72. The van der Waals surface area contributed by atoms with Crippen molar-refractivity contribution in [1.29, 1.82) is 0 Å². The van der Waals surface area contributed by atoms with Gasteiger partial charge in [-0.2, -0.15) is 0 Å². The third-order valence-corrected chi connectivity index (χ3v) is 5.20. The van der Waals surface area contributed by atoms with Crippen molar-refractivity contribution in [2.75, 3.05) is 31.6 Å². The number of hydrogen-bond acceptors (Lipinski definition) is 7. The molecule has 2 aliphatic rings. The van der Waals surface area contributed by atoms with Gasteiger partial charge in [-0.15, -0.1) is 0 Å². The lowest BCUT2D eigenvalue weighted by Crippen LogP contribution is -2.43. The van der Waals surface area contributed by atoms with Gasteiger partial charge < -0.3 is 15.0 Å². The molecule has 2 saturated heterocycles. The van der Waals surface area contributed by atoms with Crippen LogP contribution in [0.25, 0.3) is 0 Å². The number of ether oxygens (including phenoxy) is 1. The van der Waals surface area contributed by atoms with E-state index in [4.69, 9.17) is 4.74 Å². The number of carbonyl (C=O) groups is 1. The van der Waals surface area contributed by atoms with Crippen molar-refractivity contribution < 1.29 is 9.53 Å². The van der Waals surface area contributed by atoms with Crippen molar-refractivity contribution in [2.24, 2.45) is 5.92 Å². The third kappa shape index (κ3) is 4.39. The van der Waals surface area contributed by atoms with Crippen LogP contribution in [-0.4, -0.2) is 57.0 Å². The lowest BCUT2D eigenvalue weighted by molar-refractivity contribution is -0.139. The van der Waals surface area contributed by atoms with Gasteiger partial charge in [0.1, 0.15) is 0 Å². The first-order chi connectivity index (χ1) is 13.3. The second-order valence-electron chi connectivity index (χ2n) is 7.03. The predicted molar refractivity (Wildman–Crippen MR) is 99.4 cm³/mol. The molecule has 0 saturated carbocycles. The Kier molecular flexibility index (Phi) is 5.53. The van der Waals surface area contributed by atoms with Crippen LogP contribution in [0.3, 0.4) is 0 Å². The Morgan fingerprint density at radius 2 is 2.04 bits per heavy atom. The smallest absolute Gasteiger partial charge is 0.228 e. The lowest BCUT2D eigenvalue weighted by Gasteiger charge is -2.35. The van der Waals surface area contributed by atoms with Crippen LogP contribution in [0, 0.1) is 5.92 Å². The van der Waals surface area contributed by atoms with Gasteiger partial charge in [0.25, 0.3) is 0 Å². The molecule has 4 heterocycles. The topological polar surface area (TPSA) is 93.1 Å². The van der Waals surface area contributed by atoms with E-state index >= 15 is 0 Å². The fourth-order valence-electron chi connectivity index (χ4n) is 3.76. The molecule has 0 aliphatic carbocycles. The molecule has 2 aromatic heterocycles. The van der Waals surface area contributed by atoms with Crippen molar-refractivity contribution in [1.82, 2.24) is 24.8 Å². The van der Waals surface area contributed by atoms with E-state index in [-0.39, 0.29) is 17.7 Å². The van der Waals surface area contributed by atoms with Gasteiger partial charge in [-0.1, -0.05) is 0 Å². The second kappa shape index (κ2) is 8.39. The van der Waals surface area contributed by atoms with Gasteiger partial charge in [0.2, 0.25) is 11.9 Å². The van der Waals surface area contributed by atoms with Gasteiger partial charge >= 0.3 is 0 Å². The van der Waals surface area contributed by atoms with Gasteiger partial charge in [-0.3, -0.25) is 9.78 Å². The summed E-state index contributed by atoms with van der Waals surface area (Å²) < 4.78 is 5.39. The molecule has 2 aromatic rings. The molecule has 4 rings (SSSR count). The molecule has 142 valence electrons. The van der Waals surface area contributed by atoms with Gasteiger partial charge in [0.15, 0.2) is 5.82 Å². The highest BCUT2D eigenvalue weighted by molar-refractivity contribution is 5.79. The van der Waals surface area contributed by atoms with E-state index < -0.39 is 0 Å². The van der Waals surface area contributed by atoms with Crippen molar-refractivity contribution in [3.8, 4) is 0 Å². The maximum atomic E-state index is 12.8. The molecule has 0 bridgehead atoms. The highest BCUT2D eigenvalue weighted by atomic mass is 16.5. The number of nitrogens with zero attached hydrogens (tertiary/aromatic N) is 5. The Labute approximate surface area is 158 Å². The van der Waals surface area contributed by atoms with Crippen molar-refractivity contribution in [3.63, 3.8) is 0 Å². The Morgan fingerprint density at radius 1 is 1.15 bits per heavy atom. The first kappa shape index (κ1) is 17.8. The van der Waals surface area contributed by atoms with Crippen molar-refractivity contribution in [3.05, 3.63) is 36.5 Å². The number of anilines is 2. The van der Waals surface area contributed by atoms with Crippen LogP contribution in [0.4, 0.5) is 11.8 Å². The molecule has 1 unspecified atom stereocenters. The minimum atomic E-state index is 0.108. The number of aromatic nitrogens is 4. The molecule has 2 fully saturated rings. The molecule has 2 aliphatic heterocycles. The van der Waals surface area contributed by atoms with Gasteiger partial charge in [0.05, 0.1) is 11.9 Å². The summed E-state index contributed by atoms with van der Waals surface area (Å²) in [7, 11) is 0. The first-order valence-corrected chi connectivity index (χ1v) is 9.52. The largest absolute Gasteiger partial charge is 0.381 e. The molecule has 27 heavy (non-hydrogen) atoms. The molecule has 0 radical (unpaired) electrons. The minimum absolute atomic E-state index is 0.108. The Hall–Kier alpha value is -2.61. The Bertz CT molecular complexity index is 766. The van der Waals surface area contributed by atoms with Crippen LogP contribution in [0.1, 0.15) is 37.3 Å². The predicted octanol–water partition coefficient (Wildman–Crippen LogP) is 2.14. The maximum Gasteiger partial charge on any atom is 0.228 e.